The molecule has 1 aromatic carbocycles. The van der Waals surface area contributed by atoms with Crippen molar-refractivity contribution < 1.29 is 19.1 Å². The fraction of sp³-hybridized carbons (Fsp3) is 0.273. The first-order valence-corrected chi connectivity index (χ1v) is 4.78. The fourth-order valence-electron chi connectivity index (χ4n) is 1.22. The summed E-state index contributed by atoms with van der Waals surface area (Å²) in [5, 5.41) is 2.47. The Morgan fingerprint density at radius 3 is 2.81 bits per heavy atom. The van der Waals surface area contributed by atoms with E-state index in [1.807, 2.05) is 0 Å². The summed E-state index contributed by atoms with van der Waals surface area (Å²) >= 11 is 0. The summed E-state index contributed by atoms with van der Waals surface area (Å²) in [7, 11) is 1.46. The largest absolute Gasteiger partial charge is 0.495 e. The van der Waals surface area contributed by atoms with Gasteiger partial charge in [-0.05, 0) is 25.1 Å². The third kappa shape index (κ3) is 2.73. The van der Waals surface area contributed by atoms with Crippen molar-refractivity contribution in [3.05, 3.63) is 23.8 Å². The van der Waals surface area contributed by atoms with E-state index in [0.29, 0.717) is 30.0 Å². The molecule has 1 aromatic rings. The molecule has 0 fully saturated rings. The molecule has 0 aromatic heterocycles. The highest BCUT2D eigenvalue weighted by molar-refractivity contribution is 5.91. The third-order valence-corrected chi connectivity index (χ3v) is 1.93. The average Bonchev–Trinajstić information content (AvgIpc) is 2.30. The van der Waals surface area contributed by atoms with Crippen molar-refractivity contribution >= 4 is 18.1 Å². The minimum absolute atomic E-state index is 0.315. The highest BCUT2D eigenvalue weighted by Gasteiger charge is 2.10. The summed E-state index contributed by atoms with van der Waals surface area (Å²) in [6.07, 6.45) is 0.544. The summed E-state index contributed by atoms with van der Waals surface area (Å²) in [6.45, 7) is 2.05. The molecule has 0 atom stereocenters. The standard InChI is InChI=1S/C11H13NO4/c1-3-16-11(14)8-4-5-9(12-7-13)10(6-8)15-2/h4-7H,3H2,1-2H3,(H,12,13). The van der Waals surface area contributed by atoms with Crippen molar-refractivity contribution in [2.24, 2.45) is 0 Å². The minimum atomic E-state index is -0.418. The van der Waals surface area contributed by atoms with Crippen LogP contribution in [-0.2, 0) is 9.53 Å². The van der Waals surface area contributed by atoms with E-state index in [-0.39, 0.29) is 0 Å². The van der Waals surface area contributed by atoms with Crippen LogP contribution in [0.2, 0.25) is 0 Å². The van der Waals surface area contributed by atoms with E-state index in [0.717, 1.165) is 0 Å². The van der Waals surface area contributed by atoms with Gasteiger partial charge in [0, 0.05) is 0 Å². The molecule has 1 rings (SSSR count). The number of methoxy groups -OCH3 is 1. The monoisotopic (exact) mass is 223 g/mol. The Balaban J connectivity index is 2.98. The lowest BCUT2D eigenvalue weighted by Gasteiger charge is -2.08. The van der Waals surface area contributed by atoms with Gasteiger partial charge in [0.1, 0.15) is 5.75 Å². The maximum Gasteiger partial charge on any atom is 0.338 e. The molecule has 0 radical (unpaired) electrons. The zero-order valence-corrected chi connectivity index (χ0v) is 9.15. The summed E-state index contributed by atoms with van der Waals surface area (Å²) < 4.78 is 9.88. The summed E-state index contributed by atoms with van der Waals surface area (Å²) in [6, 6.07) is 4.66. The Morgan fingerprint density at radius 2 is 2.25 bits per heavy atom. The molecular weight excluding hydrogens is 210 g/mol. The van der Waals surface area contributed by atoms with Crippen LogP contribution in [0.3, 0.4) is 0 Å². The van der Waals surface area contributed by atoms with Crippen LogP contribution in [0.5, 0.6) is 5.75 Å². The molecule has 16 heavy (non-hydrogen) atoms. The average molecular weight is 223 g/mol. The number of esters is 1. The molecule has 0 saturated carbocycles. The normalized spacial score (nSPS) is 9.38. The highest BCUT2D eigenvalue weighted by atomic mass is 16.5. The number of ether oxygens (including phenoxy) is 2. The van der Waals surface area contributed by atoms with Crippen LogP contribution in [0.1, 0.15) is 17.3 Å². The number of carbonyl (C=O) groups is 2. The first kappa shape index (κ1) is 12.0. The van der Waals surface area contributed by atoms with Crippen LogP contribution < -0.4 is 10.1 Å². The fourth-order valence-corrected chi connectivity index (χ4v) is 1.22. The molecule has 5 nitrogen and oxygen atoms in total. The Bertz CT molecular complexity index is 390. The van der Waals surface area contributed by atoms with Crippen LogP contribution >= 0.6 is 0 Å². The van der Waals surface area contributed by atoms with Gasteiger partial charge in [0.25, 0.3) is 0 Å². The van der Waals surface area contributed by atoms with Crippen molar-refractivity contribution in [2.75, 3.05) is 19.0 Å². The summed E-state index contributed by atoms with van der Waals surface area (Å²) in [5.74, 6) is -0.00361. The molecule has 1 N–H and O–H groups in total. The van der Waals surface area contributed by atoms with Gasteiger partial charge < -0.3 is 14.8 Å². The van der Waals surface area contributed by atoms with Gasteiger partial charge >= 0.3 is 5.97 Å². The Morgan fingerprint density at radius 1 is 1.50 bits per heavy atom. The van der Waals surface area contributed by atoms with Gasteiger partial charge in [0.05, 0.1) is 25.0 Å². The first-order chi connectivity index (χ1) is 7.72. The zero-order chi connectivity index (χ0) is 12.0. The van der Waals surface area contributed by atoms with Crippen molar-refractivity contribution in [2.45, 2.75) is 6.92 Å². The van der Waals surface area contributed by atoms with E-state index in [4.69, 9.17) is 9.47 Å². The number of hydrogen-bond donors (Lipinski definition) is 1. The van der Waals surface area contributed by atoms with Gasteiger partial charge in [-0.25, -0.2) is 4.79 Å². The number of nitrogens with one attached hydrogen (secondary N) is 1. The van der Waals surface area contributed by atoms with Crippen LogP contribution in [-0.4, -0.2) is 26.1 Å². The van der Waals surface area contributed by atoms with E-state index >= 15 is 0 Å². The minimum Gasteiger partial charge on any atom is -0.495 e. The third-order valence-electron chi connectivity index (χ3n) is 1.93. The number of rotatable bonds is 5. The lowest BCUT2D eigenvalue weighted by Crippen LogP contribution is -2.06. The van der Waals surface area contributed by atoms with Crippen LogP contribution in [0.15, 0.2) is 18.2 Å². The molecule has 1 amide bonds. The van der Waals surface area contributed by atoms with E-state index in [1.165, 1.54) is 13.2 Å². The van der Waals surface area contributed by atoms with Crippen molar-refractivity contribution in [1.29, 1.82) is 0 Å². The number of amides is 1. The van der Waals surface area contributed by atoms with E-state index in [2.05, 4.69) is 5.32 Å². The lowest BCUT2D eigenvalue weighted by atomic mass is 10.2. The Labute approximate surface area is 93.4 Å². The van der Waals surface area contributed by atoms with Crippen LogP contribution in [0.4, 0.5) is 5.69 Å². The second-order valence-corrected chi connectivity index (χ2v) is 2.90. The van der Waals surface area contributed by atoms with E-state index in [9.17, 15) is 9.59 Å². The molecule has 0 aliphatic carbocycles. The maximum atomic E-state index is 11.4. The molecule has 0 saturated heterocycles. The second-order valence-electron chi connectivity index (χ2n) is 2.90. The molecule has 86 valence electrons. The zero-order valence-electron chi connectivity index (χ0n) is 9.15. The van der Waals surface area contributed by atoms with Gasteiger partial charge in [-0.2, -0.15) is 0 Å². The maximum absolute atomic E-state index is 11.4. The number of benzene rings is 1. The molecule has 0 heterocycles. The van der Waals surface area contributed by atoms with Crippen molar-refractivity contribution in [3.63, 3.8) is 0 Å². The van der Waals surface area contributed by atoms with Gasteiger partial charge in [-0.3, -0.25) is 4.79 Å². The first-order valence-electron chi connectivity index (χ1n) is 4.78. The van der Waals surface area contributed by atoms with Gasteiger partial charge in [0.2, 0.25) is 6.41 Å². The van der Waals surface area contributed by atoms with Crippen molar-refractivity contribution in [3.8, 4) is 5.75 Å². The SMILES string of the molecule is CCOC(=O)c1ccc(NC=O)c(OC)c1. The molecular formula is C11H13NO4. The molecule has 0 aliphatic rings. The van der Waals surface area contributed by atoms with E-state index < -0.39 is 5.97 Å². The number of carbonyl (C=O) groups excluding carboxylic acids is 2. The smallest absolute Gasteiger partial charge is 0.338 e. The molecule has 0 bridgehead atoms. The van der Waals surface area contributed by atoms with Gasteiger partial charge in [-0.1, -0.05) is 0 Å². The van der Waals surface area contributed by atoms with E-state index in [1.54, 1.807) is 19.1 Å². The Hall–Kier alpha value is -2.04. The van der Waals surface area contributed by atoms with Gasteiger partial charge in [0.15, 0.2) is 0 Å². The Kier molecular flexibility index (Phi) is 4.32. The topological polar surface area (TPSA) is 64.6 Å². The predicted molar refractivity (Wildman–Crippen MR) is 58.6 cm³/mol. The molecule has 0 aliphatic heterocycles. The van der Waals surface area contributed by atoms with Gasteiger partial charge in [-0.15, -0.1) is 0 Å². The molecule has 0 unspecified atom stereocenters. The number of anilines is 1. The lowest BCUT2D eigenvalue weighted by molar-refractivity contribution is -0.105. The molecule has 5 heteroatoms. The molecule has 0 spiro atoms. The summed E-state index contributed by atoms with van der Waals surface area (Å²) in [4.78, 5) is 21.7. The van der Waals surface area contributed by atoms with Crippen molar-refractivity contribution in [1.82, 2.24) is 0 Å². The van der Waals surface area contributed by atoms with Crippen LogP contribution in [0.25, 0.3) is 0 Å². The summed E-state index contributed by atoms with van der Waals surface area (Å²) in [5.41, 5.74) is 0.890. The number of hydrogen-bond acceptors (Lipinski definition) is 4. The predicted octanol–water partition coefficient (Wildman–Crippen LogP) is 1.44. The quantitative estimate of drug-likeness (QED) is 0.606. The second kappa shape index (κ2) is 5.75. The highest BCUT2D eigenvalue weighted by Crippen LogP contribution is 2.25. The van der Waals surface area contributed by atoms with Crippen LogP contribution in [0, 0.1) is 0 Å².